The lowest BCUT2D eigenvalue weighted by Gasteiger charge is -2.04. The van der Waals surface area contributed by atoms with Gasteiger partial charge in [0, 0.05) is 12.8 Å². The standard InChI is InChI=1S/C18H20O/c1-2-6-18(19)14-11-15-9-12-17(13-10-15)16-7-4-3-5-8-16/h3-5,7-10,12-13H,2,6,11,14H2,1H3. The van der Waals surface area contributed by atoms with Crippen LogP contribution in [0.15, 0.2) is 54.6 Å². The molecule has 2 aromatic rings. The van der Waals surface area contributed by atoms with Crippen LogP contribution in [0.4, 0.5) is 0 Å². The van der Waals surface area contributed by atoms with Gasteiger partial charge < -0.3 is 0 Å². The van der Waals surface area contributed by atoms with E-state index in [-0.39, 0.29) is 0 Å². The van der Waals surface area contributed by atoms with Crippen molar-refractivity contribution in [3.63, 3.8) is 0 Å². The Hall–Kier alpha value is -1.89. The first kappa shape index (κ1) is 13.5. The van der Waals surface area contributed by atoms with Crippen LogP contribution in [0.25, 0.3) is 11.1 Å². The van der Waals surface area contributed by atoms with Gasteiger partial charge in [-0.05, 0) is 29.5 Å². The summed E-state index contributed by atoms with van der Waals surface area (Å²) in [6.45, 7) is 2.05. The van der Waals surface area contributed by atoms with Gasteiger partial charge in [-0.3, -0.25) is 4.79 Å². The Morgan fingerprint density at radius 3 is 2.11 bits per heavy atom. The normalized spacial score (nSPS) is 10.4. The SMILES string of the molecule is CCCC(=O)CCc1ccc(-c2ccccc2)cc1. The van der Waals surface area contributed by atoms with Gasteiger partial charge in [-0.25, -0.2) is 0 Å². The molecule has 0 radical (unpaired) electrons. The van der Waals surface area contributed by atoms with Gasteiger partial charge in [0.15, 0.2) is 0 Å². The second-order valence-electron chi connectivity index (χ2n) is 4.85. The predicted molar refractivity (Wildman–Crippen MR) is 80.1 cm³/mol. The molecule has 0 saturated heterocycles. The lowest BCUT2D eigenvalue weighted by molar-refractivity contribution is -0.119. The maximum atomic E-state index is 11.5. The smallest absolute Gasteiger partial charge is 0.133 e. The molecule has 0 fully saturated rings. The summed E-state index contributed by atoms with van der Waals surface area (Å²) in [7, 11) is 0. The van der Waals surface area contributed by atoms with Gasteiger partial charge >= 0.3 is 0 Å². The molecule has 0 aliphatic heterocycles. The van der Waals surface area contributed by atoms with Crippen molar-refractivity contribution < 1.29 is 4.79 Å². The van der Waals surface area contributed by atoms with Crippen molar-refractivity contribution in [2.75, 3.05) is 0 Å². The van der Waals surface area contributed by atoms with Crippen molar-refractivity contribution in [3.05, 3.63) is 60.2 Å². The molecule has 1 heteroatoms. The number of aryl methyl sites for hydroxylation is 1. The van der Waals surface area contributed by atoms with E-state index in [1.807, 2.05) is 25.1 Å². The lowest BCUT2D eigenvalue weighted by Crippen LogP contribution is -1.99. The molecule has 0 aromatic heterocycles. The van der Waals surface area contributed by atoms with Gasteiger partial charge in [-0.1, -0.05) is 61.5 Å². The van der Waals surface area contributed by atoms with Crippen LogP contribution >= 0.6 is 0 Å². The van der Waals surface area contributed by atoms with Crippen LogP contribution in [0, 0.1) is 0 Å². The van der Waals surface area contributed by atoms with E-state index in [4.69, 9.17) is 0 Å². The number of hydrogen-bond donors (Lipinski definition) is 0. The number of benzene rings is 2. The first-order valence-corrected chi connectivity index (χ1v) is 6.95. The summed E-state index contributed by atoms with van der Waals surface area (Å²) in [5.74, 6) is 0.370. The molecule has 1 nitrogen and oxygen atoms in total. The third kappa shape index (κ3) is 4.06. The summed E-state index contributed by atoms with van der Waals surface area (Å²) in [4.78, 5) is 11.5. The van der Waals surface area contributed by atoms with Gasteiger partial charge in [0.1, 0.15) is 5.78 Å². The Labute approximate surface area is 115 Å². The first-order valence-electron chi connectivity index (χ1n) is 6.95. The molecule has 0 N–H and O–H groups in total. The van der Waals surface area contributed by atoms with Crippen LogP contribution in [0.1, 0.15) is 31.7 Å². The van der Waals surface area contributed by atoms with Gasteiger partial charge in [0.05, 0.1) is 0 Å². The monoisotopic (exact) mass is 252 g/mol. The minimum atomic E-state index is 0.370. The van der Waals surface area contributed by atoms with E-state index >= 15 is 0 Å². The summed E-state index contributed by atoms with van der Waals surface area (Å²) in [5, 5.41) is 0. The highest BCUT2D eigenvalue weighted by molar-refractivity contribution is 5.78. The number of Topliss-reactive ketones (excluding diaryl/α,β-unsaturated/α-hetero) is 1. The van der Waals surface area contributed by atoms with Crippen molar-refractivity contribution in [2.45, 2.75) is 32.6 Å². The van der Waals surface area contributed by atoms with E-state index in [1.54, 1.807) is 0 Å². The number of carbonyl (C=O) groups is 1. The average Bonchev–Trinajstić information content (AvgIpc) is 2.47. The average molecular weight is 252 g/mol. The van der Waals surface area contributed by atoms with E-state index in [2.05, 4.69) is 36.4 Å². The number of carbonyl (C=O) groups excluding carboxylic acids is 1. The lowest BCUT2D eigenvalue weighted by atomic mass is 10.0. The van der Waals surface area contributed by atoms with E-state index in [0.717, 1.165) is 12.8 Å². The molecule has 0 amide bonds. The molecule has 0 atom stereocenters. The fourth-order valence-corrected chi connectivity index (χ4v) is 2.18. The minimum Gasteiger partial charge on any atom is -0.300 e. The largest absolute Gasteiger partial charge is 0.300 e. The summed E-state index contributed by atoms with van der Waals surface area (Å²) in [6, 6.07) is 18.9. The zero-order chi connectivity index (χ0) is 13.5. The third-order valence-electron chi connectivity index (χ3n) is 3.28. The van der Waals surface area contributed by atoms with Crippen molar-refractivity contribution in [1.29, 1.82) is 0 Å². The Morgan fingerprint density at radius 1 is 0.842 bits per heavy atom. The highest BCUT2D eigenvalue weighted by Gasteiger charge is 2.02. The van der Waals surface area contributed by atoms with E-state index in [9.17, 15) is 4.79 Å². The Morgan fingerprint density at radius 2 is 1.47 bits per heavy atom. The van der Waals surface area contributed by atoms with Crippen LogP contribution in [-0.2, 0) is 11.2 Å². The predicted octanol–water partition coefficient (Wildman–Crippen LogP) is 4.66. The summed E-state index contributed by atoms with van der Waals surface area (Å²) >= 11 is 0. The van der Waals surface area contributed by atoms with Crippen molar-refractivity contribution in [1.82, 2.24) is 0 Å². The highest BCUT2D eigenvalue weighted by Crippen LogP contribution is 2.19. The van der Waals surface area contributed by atoms with Crippen LogP contribution < -0.4 is 0 Å². The molecule has 98 valence electrons. The van der Waals surface area contributed by atoms with Gasteiger partial charge in [0.2, 0.25) is 0 Å². The summed E-state index contributed by atoms with van der Waals surface area (Å²) in [5.41, 5.74) is 3.70. The molecule has 19 heavy (non-hydrogen) atoms. The molecule has 2 rings (SSSR count). The van der Waals surface area contributed by atoms with Crippen LogP contribution in [0.2, 0.25) is 0 Å². The van der Waals surface area contributed by atoms with Crippen molar-refractivity contribution in [3.8, 4) is 11.1 Å². The second-order valence-corrected chi connectivity index (χ2v) is 4.85. The zero-order valence-electron chi connectivity index (χ0n) is 11.4. The third-order valence-corrected chi connectivity index (χ3v) is 3.28. The zero-order valence-corrected chi connectivity index (χ0v) is 11.4. The molecular formula is C18H20O. The summed E-state index contributed by atoms with van der Waals surface area (Å²) in [6.07, 6.45) is 3.18. The molecule has 0 aliphatic rings. The number of rotatable bonds is 6. The van der Waals surface area contributed by atoms with Crippen LogP contribution in [0.3, 0.4) is 0 Å². The van der Waals surface area contributed by atoms with Gasteiger partial charge in [-0.15, -0.1) is 0 Å². The van der Waals surface area contributed by atoms with E-state index in [1.165, 1.54) is 16.7 Å². The molecule has 0 bridgehead atoms. The van der Waals surface area contributed by atoms with Gasteiger partial charge in [0.25, 0.3) is 0 Å². The molecular weight excluding hydrogens is 232 g/mol. The molecule has 0 saturated carbocycles. The number of ketones is 1. The second kappa shape index (κ2) is 6.89. The maximum absolute atomic E-state index is 11.5. The number of hydrogen-bond acceptors (Lipinski definition) is 1. The maximum Gasteiger partial charge on any atom is 0.133 e. The quantitative estimate of drug-likeness (QED) is 0.731. The van der Waals surface area contributed by atoms with Crippen molar-refractivity contribution >= 4 is 5.78 Å². The summed E-state index contributed by atoms with van der Waals surface area (Å²) < 4.78 is 0. The fourth-order valence-electron chi connectivity index (χ4n) is 2.18. The highest BCUT2D eigenvalue weighted by atomic mass is 16.1. The Balaban J connectivity index is 1.97. The van der Waals surface area contributed by atoms with Gasteiger partial charge in [-0.2, -0.15) is 0 Å². The topological polar surface area (TPSA) is 17.1 Å². The molecule has 0 spiro atoms. The molecule has 0 unspecified atom stereocenters. The first-order chi connectivity index (χ1) is 9.29. The molecule has 0 aliphatic carbocycles. The molecule has 2 aromatic carbocycles. The van der Waals surface area contributed by atoms with Crippen LogP contribution in [-0.4, -0.2) is 5.78 Å². The fraction of sp³-hybridized carbons (Fsp3) is 0.278. The van der Waals surface area contributed by atoms with E-state index < -0.39 is 0 Å². The van der Waals surface area contributed by atoms with E-state index in [0.29, 0.717) is 18.6 Å². The Kier molecular flexibility index (Phi) is 4.91. The van der Waals surface area contributed by atoms with Crippen LogP contribution in [0.5, 0.6) is 0 Å². The Bertz CT molecular complexity index is 511. The molecule has 0 heterocycles. The minimum absolute atomic E-state index is 0.370. The van der Waals surface area contributed by atoms with Crippen molar-refractivity contribution in [2.24, 2.45) is 0 Å².